The van der Waals surface area contributed by atoms with E-state index in [1.807, 2.05) is 23.9 Å². The topological polar surface area (TPSA) is 38.5 Å². The molecule has 3 nitrogen and oxygen atoms in total. The molecule has 0 radical (unpaired) electrons. The second-order valence-electron chi connectivity index (χ2n) is 4.49. The van der Waals surface area contributed by atoms with Crippen LogP contribution in [0.5, 0.6) is 5.75 Å². The molecule has 0 heterocycles. The number of thioether (sulfide) groups is 1. The molecule has 0 aliphatic heterocycles. The summed E-state index contributed by atoms with van der Waals surface area (Å²) in [6.07, 6.45) is 2.13. The zero-order valence-corrected chi connectivity index (χ0v) is 12.5. The third-order valence-electron chi connectivity index (χ3n) is 3.32. The summed E-state index contributed by atoms with van der Waals surface area (Å²) in [5, 5.41) is 0. The smallest absolute Gasteiger partial charge is 0.118 e. The minimum Gasteiger partial charge on any atom is -0.497 e. The SMILES string of the molecule is COc1ccc(C(CN)N(C)C(C)CSC)cc1. The first-order valence-electron chi connectivity index (χ1n) is 6.19. The van der Waals surface area contributed by atoms with Crippen LogP contribution in [0.15, 0.2) is 24.3 Å². The predicted molar refractivity (Wildman–Crippen MR) is 80.4 cm³/mol. The molecule has 0 spiro atoms. The van der Waals surface area contributed by atoms with E-state index in [1.165, 1.54) is 5.56 Å². The average Bonchev–Trinajstić information content (AvgIpc) is 2.40. The van der Waals surface area contributed by atoms with E-state index >= 15 is 0 Å². The molecular formula is C14H24N2OS. The van der Waals surface area contributed by atoms with Crippen molar-refractivity contribution >= 4 is 11.8 Å². The number of methoxy groups -OCH3 is 1. The molecule has 2 atom stereocenters. The molecule has 1 rings (SSSR count). The van der Waals surface area contributed by atoms with Crippen LogP contribution in [0.4, 0.5) is 0 Å². The van der Waals surface area contributed by atoms with Crippen LogP contribution in [0.1, 0.15) is 18.5 Å². The molecule has 2 N–H and O–H groups in total. The summed E-state index contributed by atoms with van der Waals surface area (Å²) in [5.74, 6) is 2.00. The molecular weight excluding hydrogens is 244 g/mol. The van der Waals surface area contributed by atoms with Gasteiger partial charge in [0.05, 0.1) is 7.11 Å². The number of likely N-dealkylation sites (N-methyl/N-ethyl adjacent to an activating group) is 1. The van der Waals surface area contributed by atoms with Crippen LogP contribution in [0.2, 0.25) is 0 Å². The van der Waals surface area contributed by atoms with E-state index in [-0.39, 0.29) is 6.04 Å². The maximum Gasteiger partial charge on any atom is 0.118 e. The van der Waals surface area contributed by atoms with Crippen molar-refractivity contribution in [2.24, 2.45) is 5.73 Å². The third-order valence-corrected chi connectivity index (χ3v) is 4.13. The number of benzene rings is 1. The van der Waals surface area contributed by atoms with Crippen LogP contribution in [-0.2, 0) is 0 Å². The Hall–Kier alpha value is -0.710. The molecule has 102 valence electrons. The van der Waals surface area contributed by atoms with Gasteiger partial charge in [-0.05, 0) is 37.9 Å². The van der Waals surface area contributed by atoms with E-state index in [9.17, 15) is 0 Å². The maximum absolute atomic E-state index is 5.93. The van der Waals surface area contributed by atoms with Crippen LogP contribution in [0.25, 0.3) is 0 Å². The first-order valence-corrected chi connectivity index (χ1v) is 7.58. The molecule has 0 fully saturated rings. The normalized spacial score (nSPS) is 14.6. The molecule has 0 saturated carbocycles. The van der Waals surface area contributed by atoms with Gasteiger partial charge in [-0.25, -0.2) is 0 Å². The molecule has 1 aromatic rings. The molecule has 4 heteroatoms. The van der Waals surface area contributed by atoms with E-state index in [2.05, 4.69) is 37.3 Å². The number of hydrogen-bond donors (Lipinski definition) is 1. The molecule has 0 aliphatic carbocycles. The molecule has 18 heavy (non-hydrogen) atoms. The van der Waals surface area contributed by atoms with E-state index in [1.54, 1.807) is 7.11 Å². The summed E-state index contributed by atoms with van der Waals surface area (Å²) in [4.78, 5) is 2.35. The van der Waals surface area contributed by atoms with Crippen molar-refractivity contribution in [1.82, 2.24) is 4.90 Å². The van der Waals surface area contributed by atoms with Gasteiger partial charge in [0.1, 0.15) is 5.75 Å². The minimum absolute atomic E-state index is 0.262. The van der Waals surface area contributed by atoms with Gasteiger partial charge >= 0.3 is 0 Å². The van der Waals surface area contributed by atoms with Crippen molar-refractivity contribution in [2.45, 2.75) is 19.0 Å². The number of hydrogen-bond acceptors (Lipinski definition) is 4. The van der Waals surface area contributed by atoms with Crippen LogP contribution in [0.3, 0.4) is 0 Å². The van der Waals surface area contributed by atoms with Crippen molar-refractivity contribution in [3.8, 4) is 5.75 Å². The van der Waals surface area contributed by atoms with E-state index in [4.69, 9.17) is 10.5 Å². The molecule has 2 unspecified atom stereocenters. The number of nitrogens with zero attached hydrogens (tertiary/aromatic N) is 1. The van der Waals surface area contributed by atoms with Crippen LogP contribution in [-0.4, -0.2) is 43.7 Å². The third kappa shape index (κ3) is 3.90. The second kappa shape index (κ2) is 7.67. The van der Waals surface area contributed by atoms with Gasteiger partial charge in [-0.2, -0.15) is 11.8 Å². The van der Waals surface area contributed by atoms with Crippen LogP contribution < -0.4 is 10.5 Å². The van der Waals surface area contributed by atoms with Gasteiger partial charge in [-0.1, -0.05) is 12.1 Å². The molecule has 0 bridgehead atoms. The van der Waals surface area contributed by atoms with Gasteiger partial charge in [0.2, 0.25) is 0 Å². The first-order chi connectivity index (χ1) is 8.63. The van der Waals surface area contributed by atoms with Gasteiger partial charge in [0.25, 0.3) is 0 Å². The highest BCUT2D eigenvalue weighted by atomic mass is 32.2. The largest absolute Gasteiger partial charge is 0.497 e. The summed E-state index contributed by atoms with van der Waals surface area (Å²) < 4.78 is 5.18. The molecule has 0 aromatic heterocycles. The highest BCUT2D eigenvalue weighted by Crippen LogP contribution is 2.23. The zero-order chi connectivity index (χ0) is 13.5. The van der Waals surface area contributed by atoms with Gasteiger partial charge < -0.3 is 10.5 Å². The van der Waals surface area contributed by atoms with E-state index < -0.39 is 0 Å². The van der Waals surface area contributed by atoms with Crippen molar-refractivity contribution < 1.29 is 4.74 Å². The highest BCUT2D eigenvalue weighted by molar-refractivity contribution is 7.98. The Labute approximate surface area is 115 Å². The Kier molecular flexibility index (Phi) is 6.54. The van der Waals surface area contributed by atoms with Gasteiger partial charge in [0, 0.05) is 24.4 Å². The second-order valence-corrected chi connectivity index (χ2v) is 5.41. The number of rotatable bonds is 7. The van der Waals surface area contributed by atoms with Crippen LogP contribution >= 0.6 is 11.8 Å². The fourth-order valence-electron chi connectivity index (χ4n) is 2.03. The number of ether oxygens (including phenoxy) is 1. The summed E-state index contributed by atoms with van der Waals surface area (Å²) in [7, 11) is 3.82. The van der Waals surface area contributed by atoms with Crippen molar-refractivity contribution in [3.63, 3.8) is 0 Å². The van der Waals surface area contributed by atoms with Gasteiger partial charge in [0.15, 0.2) is 0 Å². The Morgan fingerprint density at radius 3 is 2.39 bits per heavy atom. The Bertz CT molecular complexity index is 342. The van der Waals surface area contributed by atoms with Crippen LogP contribution in [0, 0.1) is 0 Å². The fraction of sp³-hybridized carbons (Fsp3) is 0.571. The quantitative estimate of drug-likeness (QED) is 0.824. The summed E-state index contributed by atoms with van der Waals surface area (Å²) in [5.41, 5.74) is 7.17. The molecule has 1 aromatic carbocycles. The minimum atomic E-state index is 0.262. The summed E-state index contributed by atoms with van der Waals surface area (Å²) in [6.45, 7) is 2.87. The first kappa shape index (κ1) is 15.3. The fourth-order valence-corrected chi connectivity index (χ4v) is 2.75. The lowest BCUT2D eigenvalue weighted by atomic mass is 10.0. The molecule has 0 saturated heterocycles. The lowest BCUT2D eigenvalue weighted by Gasteiger charge is -2.32. The van der Waals surface area contributed by atoms with E-state index in [0.717, 1.165) is 11.5 Å². The lowest BCUT2D eigenvalue weighted by molar-refractivity contribution is 0.204. The zero-order valence-electron chi connectivity index (χ0n) is 11.7. The van der Waals surface area contributed by atoms with Gasteiger partial charge in [-0.3, -0.25) is 4.90 Å². The maximum atomic E-state index is 5.93. The monoisotopic (exact) mass is 268 g/mol. The summed E-state index contributed by atoms with van der Waals surface area (Å²) >= 11 is 1.86. The van der Waals surface area contributed by atoms with Gasteiger partial charge in [-0.15, -0.1) is 0 Å². The Balaban J connectivity index is 2.80. The average molecular weight is 268 g/mol. The predicted octanol–water partition coefficient (Wildman–Crippen LogP) is 2.38. The summed E-state index contributed by atoms with van der Waals surface area (Å²) in [6, 6.07) is 8.95. The Morgan fingerprint density at radius 1 is 1.33 bits per heavy atom. The highest BCUT2D eigenvalue weighted by Gasteiger charge is 2.19. The standard InChI is InChI=1S/C14H24N2OS/c1-11(10-18-4)16(2)14(9-15)12-5-7-13(17-3)8-6-12/h5-8,11,14H,9-10,15H2,1-4H3. The lowest BCUT2D eigenvalue weighted by Crippen LogP contribution is -2.38. The van der Waals surface area contributed by atoms with E-state index in [0.29, 0.717) is 12.6 Å². The van der Waals surface area contributed by atoms with Crippen molar-refractivity contribution in [3.05, 3.63) is 29.8 Å². The van der Waals surface area contributed by atoms with Crippen molar-refractivity contribution in [1.29, 1.82) is 0 Å². The molecule has 0 amide bonds. The van der Waals surface area contributed by atoms with Crippen molar-refractivity contribution in [2.75, 3.05) is 32.7 Å². The Morgan fingerprint density at radius 2 is 1.94 bits per heavy atom. The molecule has 0 aliphatic rings. The number of nitrogens with two attached hydrogens (primary N) is 1.